The molecule has 0 atom stereocenters. The lowest BCUT2D eigenvalue weighted by Gasteiger charge is -2.05. The normalized spacial score (nSPS) is 10.6. The number of hydrogen-bond acceptors (Lipinski definition) is 6. The number of benzene rings is 1. The van der Waals surface area contributed by atoms with Crippen LogP contribution in [-0.4, -0.2) is 52.1 Å². The Kier molecular flexibility index (Phi) is 6.85. The van der Waals surface area contributed by atoms with E-state index in [-0.39, 0.29) is 5.91 Å². The minimum absolute atomic E-state index is 0.0321. The van der Waals surface area contributed by atoms with Crippen molar-refractivity contribution < 1.29 is 9.53 Å². The number of ether oxygens (including phenoxy) is 1. The molecule has 0 saturated carbocycles. The molecular formula is C14H19N5O2S. The molecule has 1 N–H and O–H groups in total. The molecule has 0 aliphatic carbocycles. The van der Waals surface area contributed by atoms with Crippen molar-refractivity contribution in [3.05, 3.63) is 35.9 Å². The molecule has 1 amide bonds. The van der Waals surface area contributed by atoms with Gasteiger partial charge in [-0.1, -0.05) is 42.1 Å². The van der Waals surface area contributed by atoms with Gasteiger partial charge in [-0.2, -0.15) is 0 Å². The number of nitrogens with zero attached hydrogens (tertiary/aromatic N) is 4. The van der Waals surface area contributed by atoms with E-state index in [1.165, 1.54) is 11.8 Å². The summed E-state index contributed by atoms with van der Waals surface area (Å²) in [4.78, 5) is 11.7. The fraction of sp³-hybridized carbons (Fsp3) is 0.429. The number of carbonyl (C=O) groups excluding carboxylic acids is 1. The Balaban J connectivity index is 1.79. The van der Waals surface area contributed by atoms with Crippen molar-refractivity contribution >= 4 is 17.7 Å². The van der Waals surface area contributed by atoms with E-state index in [4.69, 9.17) is 4.74 Å². The van der Waals surface area contributed by atoms with Gasteiger partial charge in [0.25, 0.3) is 0 Å². The Morgan fingerprint density at radius 3 is 2.95 bits per heavy atom. The molecule has 1 aromatic heterocycles. The van der Waals surface area contributed by atoms with E-state index < -0.39 is 0 Å². The summed E-state index contributed by atoms with van der Waals surface area (Å²) in [7, 11) is 1.64. The molecule has 22 heavy (non-hydrogen) atoms. The Bertz CT molecular complexity index is 576. The van der Waals surface area contributed by atoms with Crippen LogP contribution in [0.2, 0.25) is 0 Å². The molecule has 0 aliphatic heterocycles. The second-order valence-electron chi connectivity index (χ2n) is 4.59. The highest BCUT2D eigenvalue weighted by Crippen LogP contribution is 2.14. The molecule has 0 aliphatic rings. The summed E-state index contributed by atoms with van der Waals surface area (Å²) in [5, 5.41) is 15.1. The number of rotatable bonds is 9. The number of methoxy groups -OCH3 is 1. The van der Waals surface area contributed by atoms with Gasteiger partial charge in [-0.25, -0.2) is 4.68 Å². The molecule has 8 heteroatoms. The van der Waals surface area contributed by atoms with Crippen molar-refractivity contribution in [1.29, 1.82) is 0 Å². The fourth-order valence-electron chi connectivity index (χ4n) is 1.78. The summed E-state index contributed by atoms with van der Waals surface area (Å²) in [6, 6.07) is 9.93. The van der Waals surface area contributed by atoms with Gasteiger partial charge in [-0.15, -0.1) is 5.10 Å². The molecule has 0 spiro atoms. The maximum Gasteiger partial charge on any atom is 0.230 e. The summed E-state index contributed by atoms with van der Waals surface area (Å²) in [6.45, 7) is 1.84. The molecule has 0 fully saturated rings. The van der Waals surface area contributed by atoms with Crippen molar-refractivity contribution in [2.24, 2.45) is 0 Å². The molecule has 7 nitrogen and oxygen atoms in total. The van der Waals surface area contributed by atoms with Crippen molar-refractivity contribution in [3.8, 4) is 0 Å². The number of hydrogen-bond donors (Lipinski definition) is 1. The van der Waals surface area contributed by atoms with E-state index >= 15 is 0 Å². The van der Waals surface area contributed by atoms with Gasteiger partial charge in [0.1, 0.15) is 0 Å². The first kappa shape index (κ1) is 16.4. The maximum absolute atomic E-state index is 11.7. The van der Waals surface area contributed by atoms with Crippen LogP contribution >= 0.6 is 11.8 Å². The predicted octanol–water partition coefficient (Wildman–Crippen LogP) is 0.966. The van der Waals surface area contributed by atoms with Crippen LogP contribution in [0, 0.1) is 0 Å². The number of thioether (sulfide) groups is 1. The predicted molar refractivity (Wildman–Crippen MR) is 83.6 cm³/mol. The minimum Gasteiger partial charge on any atom is -0.385 e. The van der Waals surface area contributed by atoms with Crippen LogP contribution in [0.1, 0.15) is 12.0 Å². The van der Waals surface area contributed by atoms with Crippen LogP contribution in [-0.2, 0) is 16.1 Å². The van der Waals surface area contributed by atoms with Crippen LogP contribution in [0.5, 0.6) is 0 Å². The van der Waals surface area contributed by atoms with Gasteiger partial charge in [0.15, 0.2) is 0 Å². The Morgan fingerprint density at radius 1 is 1.36 bits per heavy atom. The molecular weight excluding hydrogens is 302 g/mol. The van der Waals surface area contributed by atoms with Gasteiger partial charge in [0, 0.05) is 20.3 Å². The van der Waals surface area contributed by atoms with E-state index in [1.54, 1.807) is 11.8 Å². The van der Waals surface area contributed by atoms with E-state index in [1.807, 2.05) is 30.3 Å². The number of amides is 1. The monoisotopic (exact) mass is 321 g/mol. The van der Waals surface area contributed by atoms with Gasteiger partial charge >= 0.3 is 0 Å². The highest BCUT2D eigenvalue weighted by Gasteiger charge is 2.10. The van der Waals surface area contributed by atoms with Gasteiger partial charge in [-0.05, 0) is 22.4 Å². The first-order valence-corrected chi connectivity index (χ1v) is 7.96. The molecule has 2 rings (SSSR count). The van der Waals surface area contributed by atoms with Crippen LogP contribution < -0.4 is 5.32 Å². The Labute approximate surface area is 133 Å². The Morgan fingerprint density at radius 2 is 2.18 bits per heavy atom. The van der Waals surface area contributed by atoms with Crippen molar-refractivity contribution in [2.45, 2.75) is 18.1 Å². The average molecular weight is 321 g/mol. The van der Waals surface area contributed by atoms with E-state index in [2.05, 4.69) is 20.8 Å². The van der Waals surface area contributed by atoms with Gasteiger partial charge in [0.05, 0.1) is 12.3 Å². The summed E-state index contributed by atoms with van der Waals surface area (Å²) in [5.41, 5.74) is 1.11. The molecule has 0 radical (unpaired) electrons. The zero-order chi connectivity index (χ0) is 15.6. The van der Waals surface area contributed by atoms with Gasteiger partial charge in [0.2, 0.25) is 11.1 Å². The topological polar surface area (TPSA) is 81.9 Å². The van der Waals surface area contributed by atoms with Crippen molar-refractivity contribution in [1.82, 2.24) is 25.5 Å². The van der Waals surface area contributed by atoms with Gasteiger partial charge < -0.3 is 10.1 Å². The van der Waals surface area contributed by atoms with E-state index in [0.717, 1.165) is 12.0 Å². The first-order valence-electron chi connectivity index (χ1n) is 6.98. The lowest BCUT2D eigenvalue weighted by atomic mass is 10.2. The summed E-state index contributed by atoms with van der Waals surface area (Å²) < 4.78 is 6.62. The van der Waals surface area contributed by atoms with Crippen molar-refractivity contribution in [2.75, 3.05) is 26.0 Å². The average Bonchev–Trinajstić information content (AvgIpc) is 2.98. The van der Waals surface area contributed by atoms with Crippen LogP contribution in [0.3, 0.4) is 0 Å². The number of tetrazole rings is 1. The second kappa shape index (κ2) is 9.16. The molecule has 0 unspecified atom stereocenters. The largest absolute Gasteiger partial charge is 0.385 e. The lowest BCUT2D eigenvalue weighted by molar-refractivity contribution is -0.118. The highest BCUT2D eigenvalue weighted by molar-refractivity contribution is 7.99. The molecule has 0 bridgehead atoms. The smallest absolute Gasteiger partial charge is 0.230 e. The quantitative estimate of drug-likeness (QED) is 0.547. The van der Waals surface area contributed by atoms with Crippen LogP contribution in [0.4, 0.5) is 0 Å². The highest BCUT2D eigenvalue weighted by atomic mass is 32.2. The summed E-state index contributed by atoms with van der Waals surface area (Å²) in [6.07, 6.45) is 0.804. The summed E-state index contributed by atoms with van der Waals surface area (Å²) >= 11 is 1.33. The first-order chi connectivity index (χ1) is 10.8. The van der Waals surface area contributed by atoms with E-state index in [9.17, 15) is 4.79 Å². The van der Waals surface area contributed by atoms with E-state index in [0.29, 0.717) is 30.6 Å². The number of carbonyl (C=O) groups is 1. The zero-order valence-corrected chi connectivity index (χ0v) is 13.3. The minimum atomic E-state index is -0.0321. The van der Waals surface area contributed by atoms with Crippen LogP contribution in [0.25, 0.3) is 0 Å². The third kappa shape index (κ3) is 5.45. The third-order valence-corrected chi connectivity index (χ3v) is 3.81. The standard InChI is InChI=1S/C14H19N5O2S/c1-21-9-5-8-15-13(20)11-22-14-16-17-18-19(14)10-12-6-3-2-4-7-12/h2-4,6-7H,5,8-11H2,1H3,(H,15,20). The van der Waals surface area contributed by atoms with Crippen LogP contribution in [0.15, 0.2) is 35.5 Å². The lowest BCUT2D eigenvalue weighted by Crippen LogP contribution is -2.27. The summed E-state index contributed by atoms with van der Waals surface area (Å²) in [5.74, 6) is 0.262. The van der Waals surface area contributed by atoms with Crippen molar-refractivity contribution in [3.63, 3.8) is 0 Å². The number of aromatic nitrogens is 4. The molecule has 2 aromatic rings. The fourth-order valence-corrected chi connectivity index (χ4v) is 2.49. The second-order valence-corrected chi connectivity index (χ2v) is 5.53. The zero-order valence-electron chi connectivity index (χ0n) is 12.4. The molecule has 118 valence electrons. The third-order valence-electron chi connectivity index (χ3n) is 2.85. The molecule has 1 heterocycles. The maximum atomic E-state index is 11.7. The SMILES string of the molecule is COCCCNC(=O)CSc1nnnn1Cc1ccccc1. The molecule has 0 saturated heterocycles. The molecule has 1 aromatic carbocycles. The van der Waals surface area contributed by atoms with Gasteiger partial charge in [-0.3, -0.25) is 4.79 Å². The Hall–Kier alpha value is -1.93. The number of nitrogens with one attached hydrogen (secondary N) is 1.